The summed E-state index contributed by atoms with van der Waals surface area (Å²) in [5.74, 6) is 1.08. The summed E-state index contributed by atoms with van der Waals surface area (Å²) in [6.45, 7) is 0. The molecule has 0 atom stereocenters. The van der Waals surface area contributed by atoms with Crippen LogP contribution in [0.2, 0.25) is 0 Å². The van der Waals surface area contributed by atoms with Crippen molar-refractivity contribution in [3.05, 3.63) is 30.3 Å². The van der Waals surface area contributed by atoms with Gasteiger partial charge in [-0.1, -0.05) is 23.4 Å². The molecule has 3 nitrogen and oxygen atoms in total. The Kier molecular flexibility index (Phi) is 3.41. The lowest BCUT2D eigenvalue weighted by atomic mass is 10.3. The Labute approximate surface area is 75.8 Å². The summed E-state index contributed by atoms with van der Waals surface area (Å²) in [5, 5.41) is 3.58. The number of hydrogen-bond acceptors (Lipinski definition) is 2. The van der Waals surface area contributed by atoms with Crippen LogP contribution in [0.3, 0.4) is 0 Å². The molecule has 0 aliphatic rings. The van der Waals surface area contributed by atoms with Crippen molar-refractivity contribution in [3.8, 4) is 5.75 Å². The van der Waals surface area contributed by atoms with E-state index in [9.17, 15) is 0 Å². The summed E-state index contributed by atoms with van der Waals surface area (Å²) < 4.78 is 0. The first kappa shape index (κ1) is 8.87. The molecule has 0 saturated heterocycles. The molecule has 0 amide bonds. The third-order valence-corrected chi connectivity index (χ3v) is 1.42. The zero-order valence-electron chi connectivity index (χ0n) is 6.40. The van der Waals surface area contributed by atoms with E-state index in [1.54, 1.807) is 12.1 Å². The number of oxime groups is 1. The predicted octanol–water partition coefficient (Wildman–Crippen LogP) is 1.58. The Balaban J connectivity index is 2.54. The third kappa shape index (κ3) is 2.80. The Morgan fingerprint density at radius 1 is 1.42 bits per heavy atom. The molecule has 2 N–H and O–H groups in total. The van der Waals surface area contributed by atoms with Crippen LogP contribution in [0, 0.1) is 0 Å². The van der Waals surface area contributed by atoms with E-state index < -0.39 is 0 Å². The Morgan fingerprint density at radius 2 is 2.08 bits per heavy atom. The third-order valence-electron chi connectivity index (χ3n) is 1.15. The van der Waals surface area contributed by atoms with Crippen molar-refractivity contribution in [1.29, 1.82) is 0 Å². The van der Waals surface area contributed by atoms with E-state index in [-0.39, 0.29) is 11.7 Å². The predicted molar refractivity (Wildman–Crippen MR) is 49.4 cm³/mol. The molecule has 0 aliphatic carbocycles. The van der Waals surface area contributed by atoms with Crippen molar-refractivity contribution in [2.45, 2.75) is 0 Å². The van der Waals surface area contributed by atoms with Gasteiger partial charge < -0.3 is 10.6 Å². The number of amidine groups is 1. The molecule has 4 heteroatoms. The molecular weight excluding hydrogens is 176 g/mol. The molecule has 1 aromatic rings. The molecule has 0 aliphatic heterocycles. The molecule has 0 saturated carbocycles. The van der Waals surface area contributed by atoms with E-state index in [0.717, 1.165) is 0 Å². The lowest BCUT2D eigenvalue weighted by molar-refractivity contribution is 0.340. The maximum Gasteiger partial charge on any atom is 0.158 e. The molecule has 0 bridgehead atoms. The molecule has 0 spiro atoms. The van der Waals surface area contributed by atoms with Gasteiger partial charge >= 0.3 is 0 Å². The molecule has 1 rings (SSSR count). The number of nitrogens with two attached hydrogens (primary N) is 1. The number of nitrogens with zero attached hydrogens (tertiary/aromatic N) is 1. The number of para-hydroxylation sites is 1. The van der Waals surface area contributed by atoms with Gasteiger partial charge in [0.15, 0.2) is 11.6 Å². The SMILES string of the molecule is NC(CCl)=NOc1ccccc1. The summed E-state index contributed by atoms with van der Waals surface area (Å²) in [7, 11) is 0. The van der Waals surface area contributed by atoms with Gasteiger partial charge in [-0.05, 0) is 12.1 Å². The summed E-state index contributed by atoms with van der Waals surface area (Å²) in [6.07, 6.45) is 0. The first-order valence-corrected chi connectivity index (χ1v) is 3.97. The summed E-state index contributed by atoms with van der Waals surface area (Å²) in [5.41, 5.74) is 5.31. The van der Waals surface area contributed by atoms with Crippen LogP contribution < -0.4 is 10.6 Å². The van der Waals surface area contributed by atoms with Crippen LogP contribution in [0.4, 0.5) is 0 Å². The Hall–Kier alpha value is -1.22. The maximum absolute atomic E-state index is 5.38. The van der Waals surface area contributed by atoms with E-state index in [4.69, 9.17) is 22.2 Å². The van der Waals surface area contributed by atoms with Crippen LogP contribution in [-0.4, -0.2) is 11.7 Å². The quantitative estimate of drug-likeness (QED) is 0.336. The number of alkyl halides is 1. The fourth-order valence-corrected chi connectivity index (χ4v) is 0.666. The van der Waals surface area contributed by atoms with Gasteiger partial charge in [0.2, 0.25) is 0 Å². The molecule has 0 fully saturated rings. The van der Waals surface area contributed by atoms with Crippen molar-refractivity contribution < 1.29 is 4.84 Å². The average Bonchev–Trinajstić information content (AvgIpc) is 2.16. The highest BCUT2D eigenvalue weighted by Gasteiger charge is 1.90. The van der Waals surface area contributed by atoms with Crippen LogP contribution in [0.25, 0.3) is 0 Å². The van der Waals surface area contributed by atoms with Crippen LogP contribution in [0.1, 0.15) is 0 Å². The van der Waals surface area contributed by atoms with E-state index in [0.29, 0.717) is 5.75 Å². The normalized spacial score (nSPS) is 11.2. The van der Waals surface area contributed by atoms with Crippen molar-refractivity contribution in [2.75, 3.05) is 5.88 Å². The molecule has 0 aromatic heterocycles. The average molecular weight is 185 g/mol. The largest absolute Gasteiger partial charge is 0.383 e. The zero-order valence-corrected chi connectivity index (χ0v) is 7.16. The minimum absolute atomic E-state index is 0.173. The number of benzene rings is 1. The zero-order chi connectivity index (χ0) is 8.81. The van der Waals surface area contributed by atoms with Crippen LogP contribution >= 0.6 is 11.6 Å². The van der Waals surface area contributed by atoms with E-state index in [1.165, 1.54) is 0 Å². The standard InChI is InChI=1S/C8H9ClN2O/c9-6-8(10)11-12-7-4-2-1-3-5-7/h1-5H,6H2,(H2,10,11). The van der Waals surface area contributed by atoms with Crippen LogP contribution in [0.15, 0.2) is 35.5 Å². The second kappa shape index (κ2) is 4.62. The molecule has 64 valence electrons. The van der Waals surface area contributed by atoms with Gasteiger partial charge in [-0.2, -0.15) is 0 Å². The van der Waals surface area contributed by atoms with Crippen molar-refractivity contribution >= 4 is 17.4 Å². The van der Waals surface area contributed by atoms with Crippen LogP contribution in [-0.2, 0) is 0 Å². The molecule has 0 heterocycles. The Bertz CT molecular complexity index is 261. The lowest BCUT2D eigenvalue weighted by Crippen LogP contribution is -2.14. The topological polar surface area (TPSA) is 47.6 Å². The fourth-order valence-electron chi connectivity index (χ4n) is 0.617. The van der Waals surface area contributed by atoms with E-state index in [1.807, 2.05) is 18.2 Å². The van der Waals surface area contributed by atoms with Gasteiger partial charge in [0.1, 0.15) is 0 Å². The first-order valence-electron chi connectivity index (χ1n) is 3.43. The van der Waals surface area contributed by atoms with Gasteiger partial charge in [-0.15, -0.1) is 11.6 Å². The summed E-state index contributed by atoms with van der Waals surface area (Å²) in [6, 6.07) is 9.15. The van der Waals surface area contributed by atoms with Gasteiger partial charge in [0.05, 0.1) is 5.88 Å². The summed E-state index contributed by atoms with van der Waals surface area (Å²) in [4.78, 5) is 4.94. The Morgan fingerprint density at radius 3 is 2.67 bits per heavy atom. The highest BCUT2D eigenvalue weighted by atomic mass is 35.5. The minimum Gasteiger partial charge on any atom is -0.383 e. The second-order valence-corrected chi connectivity index (χ2v) is 2.39. The van der Waals surface area contributed by atoms with Crippen molar-refractivity contribution in [2.24, 2.45) is 10.9 Å². The number of halogens is 1. The monoisotopic (exact) mass is 184 g/mol. The number of rotatable bonds is 3. The molecule has 0 unspecified atom stereocenters. The van der Waals surface area contributed by atoms with E-state index >= 15 is 0 Å². The second-order valence-electron chi connectivity index (χ2n) is 2.12. The van der Waals surface area contributed by atoms with Gasteiger partial charge in [0.25, 0.3) is 0 Å². The van der Waals surface area contributed by atoms with Gasteiger partial charge in [-0.3, -0.25) is 0 Å². The van der Waals surface area contributed by atoms with Crippen molar-refractivity contribution in [1.82, 2.24) is 0 Å². The first-order chi connectivity index (χ1) is 5.83. The molecular formula is C8H9ClN2O. The smallest absolute Gasteiger partial charge is 0.158 e. The fraction of sp³-hybridized carbons (Fsp3) is 0.125. The number of hydrogen-bond donors (Lipinski definition) is 1. The van der Waals surface area contributed by atoms with Crippen LogP contribution in [0.5, 0.6) is 5.75 Å². The highest BCUT2D eigenvalue weighted by molar-refractivity contribution is 6.27. The van der Waals surface area contributed by atoms with E-state index in [2.05, 4.69) is 5.16 Å². The lowest BCUT2D eigenvalue weighted by Gasteiger charge is -1.97. The highest BCUT2D eigenvalue weighted by Crippen LogP contribution is 2.07. The van der Waals surface area contributed by atoms with Gasteiger partial charge in [0, 0.05) is 0 Å². The van der Waals surface area contributed by atoms with Gasteiger partial charge in [-0.25, -0.2) is 0 Å². The minimum atomic E-state index is 0.173. The summed E-state index contributed by atoms with van der Waals surface area (Å²) >= 11 is 5.38. The van der Waals surface area contributed by atoms with Crippen molar-refractivity contribution in [3.63, 3.8) is 0 Å². The molecule has 12 heavy (non-hydrogen) atoms. The molecule has 1 aromatic carbocycles. The molecule has 0 radical (unpaired) electrons. The maximum atomic E-state index is 5.38.